The van der Waals surface area contributed by atoms with E-state index in [1.807, 2.05) is 12.1 Å². The molecule has 1 N–H and O–H groups in total. The first-order valence-corrected chi connectivity index (χ1v) is 8.38. The van der Waals surface area contributed by atoms with Gasteiger partial charge in [-0.05, 0) is 48.9 Å². The minimum atomic E-state index is -4.48. The fraction of sp³-hybridized carbons (Fsp3) is 0.158. The van der Waals surface area contributed by atoms with Crippen LogP contribution in [-0.2, 0) is 12.7 Å². The van der Waals surface area contributed by atoms with Gasteiger partial charge in [-0.25, -0.2) is 0 Å². The summed E-state index contributed by atoms with van der Waals surface area (Å²) in [4.78, 5) is 12.6. The van der Waals surface area contributed by atoms with Crippen LogP contribution in [0.25, 0.3) is 0 Å². The van der Waals surface area contributed by atoms with Crippen molar-refractivity contribution in [3.8, 4) is 0 Å². The summed E-state index contributed by atoms with van der Waals surface area (Å²) >= 11 is 5.87. The molecule has 0 radical (unpaired) electrons. The van der Waals surface area contributed by atoms with Crippen molar-refractivity contribution in [3.05, 3.63) is 82.1 Å². The smallest absolute Gasteiger partial charge is 0.321 e. The van der Waals surface area contributed by atoms with Crippen molar-refractivity contribution in [2.24, 2.45) is 0 Å². The second-order valence-corrected chi connectivity index (χ2v) is 6.42. The molecule has 0 aliphatic heterocycles. The number of benzene rings is 2. The van der Waals surface area contributed by atoms with Crippen molar-refractivity contribution in [2.75, 3.05) is 5.32 Å². The lowest BCUT2D eigenvalue weighted by Gasteiger charge is -2.11. The highest BCUT2D eigenvalue weighted by Gasteiger charge is 2.30. The molecule has 0 saturated carbocycles. The monoisotopic (exact) mass is 393 g/mol. The summed E-state index contributed by atoms with van der Waals surface area (Å²) in [5.74, 6) is -0.538. The summed E-state index contributed by atoms with van der Waals surface area (Å²) in [6, 6.07) is 13.2. The first-order valence-electron chi connectivity index (χ1n) is 8.00. The molecule has 27 heavy (non-hydrogen) atoms. The molecule has 1 amide bonds. The molecule has 2 aromatic carbocycles. The molecule has 0 atom stereocenters. The summed E-state index contributed by atoms with van der Waals surface area (Å²) < 4.78 is 40.0. The largest absolute Gasteiger partial charge is 0.416 e. The zero-order chi connectivity index (χ0) is 19.6. The average molecular weight is 394 g/mol. The molecule has 4 nitrogen and oxygen atoms in total. The number of nitrogens with one attached hydrogen (secondary N) is 1. The van der Waals surface area contributed by atoms with Crippen LogP contribution in [0.3, 0.4) is 0 Å². The Hall–Kier alpha value is -2.80. The zero-order valence-electron chi connectivity index (χ0n) is 14.2. The van der Waals surface area contributed by atoms with Crippen LogP contribution in [0.4, 0.5) is 18.9 Å². The van der Waals surface area contributed by atoms with Crippen molar-refractivity contribution >= 4 is 23.2 Å². The molecule has 0 spiro atoms. The Morgan fingerprint density at radius 2 is 1.85 bits per heavy atom. The standard InChI is InChI=1S/C19H15ClF3N3O/c1-12-9-17(26(25-12)11-13-5-7-15(20)8-6-13)18(27)24-16-4-2-3-14(10-16)19(21,22)23/h2-10H,11H2,1H3,(H,24,27). The highest BCUT2D eigenvalue weighted by molar-refractivity contribution is 6.30. The number of aromatic nitrogens is 2. The maximum Gasteiger partial charge on any atom is 0.416 e. The van der Waals surface area contributed by atoms with Gasteiger partial charge in [0, 0.05) is 10.7 Å². The molecular formula is C19H15ClF3N3O. The van der Waals surface area contributed by atoms with Crippen LogP contribution in [0.15, 0.2) is 54.6 Å². The first kappa shape index (κ1) is 19.0. The molecule has 8 heteroatoms. The van der Waals surface area contributed by atoms with E-state index < -0.39 is 17.6 Å². The SMILES string of the molecule is Cc1cc(C(=O)Nc2cccc(C(F)(F)F)c2)n(Cc2ccc(Cl)cc2)n1. The lowest BCUT2D eigenvalue weighted by Crippen LogP contribution is -2.18. The number of alkyl halides is 3. The summed E-state index contributed by atoms with van der Waals surface area (Å²) in [6.45, 7) is 2.07. The average Bonchev–Trinajstić information content (AvgIpc) is 2.97. The fourth-order valence-corrected chi connectivity index (χ4v) is 2.71. The molecule has 1 heterocycles. The third-order valence-corrected chi connectivity index (χ3v) is 4.08. The zero-order valence-corrected chi connectivity index (χ0v) is 15.0. The van der Waals surface area contributed by atoms with E-state index >= 15 is 0 Å². The van der Waals surface area contributed by atoms with Crippen LogP contribution in [-0.4, -0.2) is 15.7 Å². The van der Waals surface area contributed by atoms with E-state index in [1.165, 1.54) is 16.8 Å². The number of nitrogens with zero attached hydrogens (tertiary/aromatic N) is 2. The Labute approximate surface area is 158 Å². The molecule has 0 unspecified atom stereocenters. The van der Waals surface area contributed by atoms with E-state index in [2.05, 4.69) is 10.4 Å². The van der Waals surface area contributed by atoms with E-state index in [9.17, 15) is 18.0 Å². The van der Waals surface area contributed by atoms with Gasteiger partial charge in [-0.3, -0.25) is 9.48 Å². The van der Waals surface area contributed by atoms with Crippen LogP contribution in [0, 0.1) is 6.92 Å². The Morgan fingerprint density at radius 1 is 1.15 bits per heavy atom. The minimum Gasteiger partial charge on any atom is -0.321 e. The molecule has 3 rings (SSSR count). The quantitative estimate of drug-likeness (QED) is 0.665. The number of halogens is 4. The Balaban J connectivity index is 1.82. The first-order chi connectivity index (χ1) is 12.7. The normalized spacial score (nSPS) is 11.4. The van der Waals surface area contributed by atoms with Crippen LogP contribution in [0.1, 0.15) is 27.3 Å². The number of carbonyl (C=O) groups excluding carboxylic acids is 1. The Morgan fingerprint density at radius 3 is 2.52 bits per heavy atom. The van der Waals surface area contributed by atoms with Gasteiger partial charge in [-0.15, -0.1) is 0 Å². The number of carbonyl (C=O) groups is 1. The predicted molar refractivity (Wildman–Crippen MR) is 96.9 cm³/mol. The van der Waals surface area contributed by atoms with E-state index in [4.69, 9.17) is 11.6 Å². The molecule has 140 valence electrons. The minimum absolute atomic E-state index is 0.0618. The highest BCUT2D eigenvalue weighted by Crippen LogP contribution is 2.30. The van der Waals surface area contributed by atoms with Gasteiger partial charge in [0.05, 0.1) is 17.8 Å². The van der Waals surface area contributed by atoms with Crippen molar-refractivity contribution in [3.63, 3.8) is 0 Å². The number of rotatable bonds is 4. The van der Waals surface area contributed by atoms with Gasteiger partial charge in [0.2, 0.25) is 0 Å². The van der Waals surface area contributed by atoms with Crippen molar-refractivity contribution in [2.45, 2.75) is 19.6 Å². The number of anilines is 1. The van der Waals surface area contributed by atoms with Gasteiger partial charge in [-0.1, -0.05) is 29.8 Å². The van der Waals surface area contributed by atoms with Gasteiger partial charge >= 0.3 is 6.18 Å². The predicted octanol–water partition coefficient (Wildman–Crippen LogP) is 5.16. The van der Waals surface area contributed by atoms with Gasteiger partial charge in [0.1, 0.15) is 5.69 Å². The second-order valence-electron chi connectivity index (χ2n) is 5.99. The van der Waals surface area contributed by atoms with Crippen molar-refractivity contribution < 1.29 is 18.0 Å². The third kappa shape index (κ3) is 4.68. The maximum atomic E-state index is 12.8. The molecule has 0 saturated heterocycles. The Bertz CT molecular complexity index is 965. The Kier molecular flexibility index (Phi) is 5.23. The highest BCUT2D eigenvalue weighted by atomic mass is 35.5. The summed E-state index contributed by atoms with van der Waals surface area (Å²) in [5.41, 5.74) is 0.992. The van der Waals surface area contributed by atoms with Gasteiger partial charge in [0.25, 0.3) is 5.91 Å². The van der Waals surface area contributed by atoms with Gasteiger partial charge in [0.15, 0.2) is 0 Å². The molecule has 0 aliphatic rings. The molecular weight excluding hydrogens is 379 g/mol. The molecule has 0 aliphatic carbocycles. The summed E-state index contributed by atoms with van der Waals surface area (Å²) in [7, 11) is 0. The fourth-order valence-electron chi connectivity index (χ4n) is 2.58. The van der Waals surface area contributed by atoms with Crippen LogP contribution in [0.2, 0.25) is 5.02 Å². The van der Waals surface area contributed by atoms with Gasteiger partial charge < -0.3 is 5.32 Å². The van der Waals surface area contributed by atoms with Crippen LogP contribution in [0.5, 0.6) is 0 Å². The number of hydrogen-bond donors (Lipinski definition) is 1. The van der Waals surface area contributed by atoms with Gasteiger partial charge in [-0.2, -0.15) is 18.3 Å². The van der Waals surface area contributed by atoms with E-state index in [1.54, 1.807) is 25.1 Å². The lowest BCUT2D eigenvalue weighted by atomic mass is 10.2. The van der Waals surface area contributed by atoms with Crippen molar-refractivity contribution in [1.82, 2.24) is 9.78 Å². The number of amides is 1. The number of aryl methyl sites for hydroxylation is 1. The van der Waals surface area contributed by atoms with E-state index in [-0.39, 0.29) is 11.4 Å². The summed E-state index contributed by atoms with van der Waals surface area (Å²) in [6.07, 6.45) is -4.48. The molecule has 0 bridgehead atoms. The lowest BCUT2D eigenvalue weighted by molar-refractivity contribution is -0.137. The number of hydrogen-bond acceptors (Lipinski definition) is 2. The van der Waals surface area contributed by atoms with Crippen LogP contribution >= 0.6 is 11.6 Å². The summed E-state index contributed by atoms with van der Waals surface area (Å²) in [5, 5.41) is 7.38. The molecule has 3 aromatic rings. The van der Waals surface area contributed by atoms with E-state index in [0.29, 0.717) is 17.3 Å². The third-order valence-electron chi connectivity index (χ3n) is 3.83. The molecule has 0 fully saturated rings. The topological polar surface area (TPSA) is 46.9 Å². The van der Waals surface area contributed by atoms with Crippen molar-refractivity contribution in [1.29, 1.82) is 0 Å². The maximum absolute atomic E-state index is 12.8. The van der Waals surface area contributed by atoms with E-state index in [0.717, 1.165) is 17.7 Å². The molecule has 1 aromatic heterocycles. The second kappa shape index (κ2) is 7.44. The van der Waals surface area contributed by atoms with Crippen LogP contribution < -0.4 is 5.32 Å².